The van der Waals surface area contributed by atoms with Gasteiger partial charge < -0.3 is 25.1 Å². The highest BCUT2D eigenvalue weighted by atomic mass is 16.5. The first-order valence-electron chi connectivity index (χ1n) is 6.39. The van der Waals surface area contributed by atoms with Crippen LogP contribution < -0.4 is 19.9 Å². The van der Waals surface area contributed by atoms with Crippen molar-refractivity contribution in [3.05, 3.63) is 18.2 Å². The van der Waals surface area contributed by atoms with Crippen LogP contribution in [0.15, 0.2) is 18.2 Å². The molecular formula is C14H21NO5. The summed E-state index contributed by atoms with van der Waals surface area (Å²) in [7, 11) is 3.06. The molecule has 0 aliphatic heterocycles. The second-order valence-corrected chi connectivity index (χ2v) is 4.27. The van der Waals surface area contributed by atoms with E-state index in [0.717, 1.165) is 0 Å². The van der Waals surface area contributed by atoms with Crippen molar-refractivity contribution in [3.8, 4) is 17.2 Å². The number of carbonyl (C=O) groups is 1. The summed E-state index contributed by atoms with van der Waals surface area (Å²) in [5, 5.41) is 9.33. The number of benzene rings is 1. The van der Waals surface area contributed by atoms with Crippen LogP contribution in [0.4, 0.5) is 0 Å². The normalized spacial score (nSPS) is 11.8. The number of methoxy groups -OCH3 is 2. The number of rotatable bonds is 9. The van der Waals surface area contributed by atoms with Crippen LogP contribution >= 0.6 is 0 Å². The molecule has 1 amide bonds. The molecule has 1 aromatic carbocycles. The molecule has 0 aliphatic carbocycles. The number of hydrogen-bond donors (Lipinski definition) is 2. The van der Waals surface area contributed by atoms with Gasteiger partial charge in [0.25, 0.3) is 0 Å². The summed E-state index contributed by atoms with van der Waals surface area (Å²) in [5.41, 5.74) is 5.08. The maximum atomic E-state index is 10.7. The van der Waals surface area contributed by atoms with Crippen molar-refractivity contribution >= 4 is 5.91 Å². The number of hydrogen-bond acceptors (Lipinski definition) is 5. The van der Waals surface area contributed by atoms with Gasteiger partial charge in [0.2, 0.25) is 11.7 Å². The molecule has 0 aliphatic rings. The van der Waals surface area contributed by atoms with Crippen molar-refractivity contribution in [2.75, 3.05) is 20.8 Å². The van der Waals surface area contributed by atoms with E-state index in [2.05, 4.69) is 0 Å². The number of carbonyl (C=O) groups excluding carboxylic acids is 1. The lowest BCUT2D eigenvalue weighted by Crippen LogP contribution is -2.22. The van der Waals surface area contributed by atoms with Gasteiger partial charge >= 0.3 is 0 Å². The zero-order valence-electron chi connectivity index (χ0n) is 11.8. The summed E-state index contributed by atoms with van der Waals surface area (Å²) < 4.78 is 16.1. The number of aliphatic hydroxyl groups is 1. The molecule has 20 heavy (non-hydrogen) atoms. The van der Waals surface area contributed by atoms with Gasteiger partial charge in [0.15, 0.2) is 11.5 Å². The summed E-state index contributed by atoms with van der Waals surface area (Å²) in [6, 6.07) is 5.26. The van der Waals surface area contributed by atoms with Crippen molar-refractivity contribution in [1.29, 1.82) is 0 Å². The summed E-state index contributed by atoms with van der Waals surface area (Å²) in [6.45, 7) is -0.154. The first-order valence-corrected chi connectivity index (χ1v) is 6.39. The highest BCUT2D eigenvalue weighted by molar-refractivity contribution is 5.73. The van der Waals surface area contributed by atoms with Crippen molar-refractivity contribution in [1.82, 2.24) is 0 Å². The van der Waals surface area contributed by atoms with Crippen LogP contribution in [0.2, 0.25) is 0 Å². The monoisotopic (exact) mass is 283 g/mol. The third kappa shape index (κ3) is 4.62. The molecule has 112 valence electrons. The fraction of sp³-hybridized carbons (Fsp3) is 0.500. The number of nitrogens with two attached hydrogens (primary N) is 1. The zero-order chi connectivity index (χ0) is 15.0. The van der Waals surface area contributed by atoms with E-state index in [1.807, 2.05) is 0 Å². The average Bonchev–Trinajstić information content (AvgIpc) is 2.45. The minimum absolute atomic E-state index is 0.154. The average molecular weight is 283 g/mol. The van der Waals surface area contributed by atoms with Crippen LogP contribution in [-0.2, 0) is 4.79 Å². The first kappa shape index (κ1) is 16.1. The fourth-order valence-electron chi connectivity index (χ4n) is 1.82. The van der Waals surface area contributed by atoms with Gasteiger partial charge in [-0.1, -0.05) is 6.07 Å². The number of para-hydroxylation sites is 1. The molecule has 0 spiro atoms. The summed E-state index contributed by atoms with van der Waals surface area (Å²) in [4.78, 5) is 10.7. The van der Waals surface area contributed by atoms with E-state index < -0.39 is 6.10 Å². The van der Waals surface area contributed by atoms with Crippen LogP contribution in [0.1, 0.15) is 19.3 Å². The van der Waals surface area contributed by atoms with Gasteiger partial charge in [-0.05, 0) is 25.0 Å². The molecule has 0 saturated carbocycles. The maximum absolute atomic E-state index is 10.7. The fourth-order valence-corrected chi connectivity index (χ4v) is 1.82. The van der Waals surface area contributed by atoms with Gasteiger partial charge in [-0.3, -0.25) is 4.79 Å². The van der Waals surface area contributed by atoms with Crippen molar-refractivity contribution in [3.63, 3.8) is 0 Å². The van der Waals surface area contributed by atoms with Crippen LogP contribution in [0, 0.1) is 0 Å². The number of aliphatic hydroxyl groups excluding tert-OH is 1. The Morgan fingerprint density at radius 2 is 2.00 bits per heavy atom. The number of primary amides is 1. The molecule has 0 radical (unpaired) electrons. The van der Waals surface area contributed by atoms with Crippen molar-refractivity contribution in [2.45, 2.75) is 25.4 Å². The van der Waals surface area contributed by atoms with Gasteiger partial charge in [-0.15, -0.1) is 0 Å². The molecule has 0 aromatic heterocycles. The van der Waals surface area contributed by atoms with E-state index in [0.29, 0.717) is 30.1 Å². The Hall–Kier alpha value is -1.95. The standard InChI is InChI=1S/C14H21NO5/c1-18-11-6-4-7-12(14(11)19-2)20-10(9-16)5-3-8-13(15)17/h4,6-7,10,16H,3,5,8-9H2,1-2H3,(H2,15,17). The third-order valence-electron chi connectivity index (χ3n) is 2.81. The van der Waals surface area contributed by atoms with E-state index in [-0.39, 0.29) is 18.9 Å². The predicted octanol–water partition coefficient (Wildman–Crippen LogP) is 1.10. The molecule has 0 saturated heterocycles. The smallest absolute Gasteiger partial charge is 0.217 e. The van der Waals surface area contributed by atoms with Gasteiger partial charge in [0, 0.05) is 6.42 Å². The molecule has 3 N–H and O–H groups in total. The van der Waals surface area contributed by atoms with Gasteiger partial charge in [-0.25, -0.2) is 0 Å². The molecule has 1 aromatic rings. The number of ether oxygens (including phenoxy) is 3. The molecular weight excluding hydrogens is 262 g/mol. The summed E-state index contributed by atoms with van der Waals surface area (Å²) >= 11 is 0. The molecule has 6 heteroatoms. The topological polar surface area (TPSA) is 91.0 Å². The molecule has 1 atom stereocenters. The van der Waals surface area contributed by atoms with Gasteiger partial charge in [-0.2, -0.15) is 0 Å². The lowest BCUT2D eigenvalue weighted by Gasteiger charge is -2.19. The van der Waals surface area contributed by atoms with E-state index in [1.54, 1.807) is 18.2 Å². The Morgan fingerprint density at radius 3 is 2.55 bits per heavy atom. The first-order chi connectivity index (χ1) is 9.62. The van der Waals surface area contributed by atoms with E-state index in [9.17, 15) is 9.90 Å². The second kappa shape index (κ2) is 8.27. The lowest BCUT2D eigenvalue weighted by molar-refractivity contribution is -0.118. The second-order valence-electron chi connectivity index (χ2n) is 4.27. The zero-order valence-corrected chi connectivity index (χ0v) is 11.8. The minimum atomic E-state index is -0.421. The Bertz CT molecular complexity index is 436. The highest BCUT2D eigenvalue weighted by Gasteiger charge is 2.16. The quantitative estimate of drug-likeness (QED) is 0.708. The Kier molecular flexibility index (Phi) is 6.66. The van der Waals surface area contributed by atoms with Crippen molar-refractivity contribution in [2.24, 2.45) is 5.73 Å². The van der Waals surface area contributed by atoms with E-state index >= 15 is 0 Å². The van der Waals surface area contributed by atoms with Crippen molar-refractivity contribution < 1.29 is 24.1 Å². The summed E-state index contributed by atoms with van der Waals surface area (Å²) in [5.74, 6) is 1.16. The summed E-state index contributed by atoms with van der Waals surface area (Å²) in [6.07, 6.45) is 0.942. The molecule has 0 fully saturated rings. The molecule has 1 unspecified atom stereocenters. The molecule has 0 bridgehead atoms. The highest BCUT2D eigenvalue weighted by Crippen LogP contribution is 2.37. The van der Waals surface area contributed by atoms with Gasteiger partial charge in [0.1, 0.15) is 6.10 Å². The minimum Gasteiger partial charge on any atom is -0.493 e. The SMILES string of the molecule is COc1cccc(OC(CO)CCCC(N)=O)c1OC. The van der Waals surface area contributed by atoms with Crippen LogP contribution in [0.5, 0.6) is 17.2 Å². The Balaban J connectivity index is 2.71. The Morgan fingerprint density at radius 1 is 1.30 bits per heavy atom. The van der Waals surface area contributed by atoms with Crippen LogP contribution in [0.3, 0.4) is 0 Å². The maximum Gasteiger partial charge on any atom is 0.217 e. The van der Waals surface area contributed by atoms with Gasteiger partial charge in [0.05, 0.1) is 20.8 Å². The predicted molar refractivity (Wildman–Crippen MR) is 74.1 cm³/mol. The van der Waals surface area contributed by atoms with Crippen LogP contribution in [-0.4, -0.2) is 37.9 Å². The molecule has 6 nitrogen and oxygen atoms in total. The largest absolute Gasteiger partial charge is 0.493 e. The van der Waals surface area contributed by atoms with E-state index in [4.69, 9.17) is 19.9 Å². The lowest BCUT2D eigenvalue weighted by atomic mass is 10.1. The Labute approximate surface area is 118 Å². The third-order valence-corrected chi connectivity index (χ3v) is 2.81. The van der Waals surface area contributed by atoms with Crippen LogP contribution in [0.25, 0.3) is 0 Å². The molecule has 1 rings (SSSR count). The van der Waals surface area contributed by atoms with E-state index in [1.165, 1.54) is 14.2 Å². The molecule has 0 heterocycles. The number of amides is 1.